The first-order valence-corrected chi connectivity index (χ1v) is 6.10. The van der Waals surface area contributed by atoms with Crippen molar-refractivity contribution in [2.24, 2.45) is 0 Å². The largest absolute Gasteiger partial charge is 0.0843 e. The number of halogens is 2. The smallest absolute Gasteiger partial charge is 0.0411 e. The molecule has 0 spiro atoms. The second kappa shape index (κ2) is 5.33. The molecular formula is C14H10BrCl. The van der Waals surface area contributed by atoms with Crippen LogP contribution in [-0.2, 0) is 0 Å². The average Bonchev–Trinajstić information content (AvgIpc) is 2.28. The predicted molar refractivity (Wildman–Crippen MR) is 74.5 cm³/mol. The van der Waals surface area contributed by atoms with Gasteiger partial charge in [-0.05, 0) is 35.4 Å². The van der Waals surface area contributed by atoms with E-state index >= 15 is 0 Å². The van der Waals surface area contributed by atoms with Gasteiger partial charge in [-0.1, -0.05) is 63.9 Å². The molecule has 2 rings (SSSR count). The molecule has 80 valence electrons. The molecule has 2 aromatic rings. The van der Waals surface area contributed by atoms with Gasteiger partial charge in [0.25, 0.3) is 0 Å². The van der Waals surface area contributed by atoms with Crippen LogP contribution >= 0.6 is 27.5 Å². The van der Waals surface area contributed by atoms with E-state index in [-0.39, 0.29) is 0 Å². The van der Waals surface area contributed by atoms with Crippen molar-refractivity contribution in [1.82, 2.24) is 0 Å². The van der Waals surface area contributed by atoms with Crippen LogP contribution in [-0.4, -0.2) is 0 Å². The summed E-state index contributed by atoms with van der Waals surface area (Å²) in [4.78, 5) is 0. The third-order valence-electron chi connectivity index (χ3n) is 2.19. The standard InChI is InChI=1S/C14H10BrCl/c15-13-8-6-11(7-9-13)4-5-12-2-1-3-14(16)10-12/h1-10H/b5-4+. The number of rotatable bonds is 2. The molecule has 0 aliphatic carbocycles. The van der Waals surface area contributed by atoms with Crippen LogP contribution in [0, 0.1) is 0 Å². The summed E-state index contributed by atoms with van der Waals surface area (Å²) < 4.78 is 1.09. The fourth-order valence-electron chi connectivity index (χ4n) is 1.38. The first kappa shape index (κ1) is 11.4. The van der Waals surface area contributed by atoms with Gasteiger partial charge < -0.3 is 0 Å². The zero-order chi connectivity index (χ0) is 11.4. The molecule has 0 saturated heterocycles. The Balaban J connectivity index is 2.18. The average molecular weight is 294 g/mol. The van der Waals surface area contributed by atoms with Gasteiger partial charge in [-0.25, -0.2) is 0 Å². The molecule has 2 heteroatoms. The molecule has 0 aliphatic rings. The Kier molecular flexibility index (Phi) is 3.81. The molecule has 0 atom stereocenters. The maximum Gasteiger partial charge on any atom is 0.0411 e. The molecular weight excluding hydrogens is 284 g/mol. The maximum absolute atomic E-state index is 5.91. The van der Waals surface area contributed by atoms with Crippen LogP contribution in [0.4, 0.5) is 0 Å². The molecule has 0 saturated carbocycles. The van der Waals surface area contributed by atoms with Gasteiger partial charge in [-0.3, -0.25) is 0 Å². The van der Waals surface area contributed by atoms with E-state index in [1.165, 1.54) is 5.56 Å². The third-order valence-corrected chi connectivity index (χ3v) is 2.95. The Labute approximate surface area is 109 Å². The quantitative estimate of drug-likeness (QED) is 0.661. The van der Waals surface area contributed by atoms with Gasteiger partial charge >= 0.3 is 0 Å². The summed E-state index contributed by atoms with van der Waals surface area (Å²) in [5, 5.41) is 0.762. The minimum absolute atomic E-state index is 0.762. The molecule has 0 amide bonds. The van der Waals surface area contributed by atoms with Gasteiger partial charge in [-0.15, -0.1) is 0 Å². The third kappa shape index (κ3) is 3.22. The van der Waals surface area contributed by atoms with Crippen LogP contribution in [0.25, 0.3) is 12.2 Å². The predicted octanol–water partition coefficient (Wildman–Crippen LogP) is 5.27. The van der Waals surface area contributed by atoms with Crippen molar-refractivity contribution in [1.29, 1.82) is 0 Å². The lowest BCUT2D eigenvalue weighted by Crippen LogP contribution is -1.73. The van der Waals surface area contributed by atoms with E-state index in [0.717, 1.165) is 15.1 Å². The molecule has 0 radical (unpaired) electrons. The van der Waals surface area contributed by atoms with Crippen molar-refractivity contribution in [2.45, 2.75) is 0 Å². The van der Waals surface area contributed by atoms with Gasteiger partial charge in [0.2, 0.25) is 0 Å². The van der Waals surface area contributed by atoms with Crippen LogP contribution in [0.3, 0.4) is 0 Å². The van der Waals surface area contributed by atoms with Crippen LogP contribution in [0.5, 0.6) is 0 Å². The topological polar surface area (TPSA) is 0 Å². The van der Waals surface area contributed by atoms with Crippen molar-refractivity contribution in [3.05, 3.63) is 69.2 Å². The number of hydrogen-bond acceptors (Lipinski definition) is 0. The van der Waals surface area contributed by atoms with Gasteiger partial charge in [-0.2, -0.15) is 0 Å². The maximum atomic E-state index is 5.91. The van der Waals surface area contributed by atoms with Crippen LogP contribution in [0.15, 0.2) is 53.0 Å². The van der Waals surface area contributed by atoms with Crippen LogP contribution in [0.2, 0.25) is 5.02 Å². The summed E-state index contributed by atoms with van der Waals surface area (Å²) in [6.45, 7) is 0. The highest BCUT2D eigenvalue weighted by atomic mass is 79.9. The first-order valence-electron chi connectivity index (χ1n) is 4.93. The fourth-order valence-corrected chi connectivity index (χ4v) is 1.84. The Bertz CT molecular complexity index is 500. The van der Waals surface area contributed by atoms with Gasteiger partial charge in [0, 0.05) is 9.50 Å². The summed E-state index contributed by atoms with van der Waals surface area (Å²) >= 11 is 9.32. The first-order chi connectivity index (χ1) is 7.74. The Morgan fingerprint density at radius 1 is 0.875 bits per heavy atom. The summed E-state index contributed by atoms with van der Waals surface area (Å²) in [6.07, 6.45) is 4.12. The molecule has 0 N–H and O–H groups in total. The van der Waals surface area contributed by atoms with Crippen molar-refractivity contribution in [3.8, 4) is 0 Å². The summed E-state index contributed by atoms with van der Waals surface area (Å²) in [5.74, 6) is 0. The van der Waals surface area contributed by atoms with E-state index in [1.807, 2.05) is 36.4 Å². The van der Waals surface area contributed by atoms with Crippen molar-refractivity contribution >= 4 is 39.7 Å². The van der Waals surface area contributed by atoms with Gasteiger partial charge in [0.15, 0.2) is 0 Å². The van der Waals surface area contributed by atoms with E-state index in [4.69, 9.17) is 11.6 Å². The molecule has 0 heterocycles. The lowest BCUT2D eigenvalue weighted by Gasteiger charge is -1.96. The SMILES string of the molecule is Clc1cccc(/C=C/c2ccc(Br)cc2)c1. The van der Waals surface area contributed by atoms with Gasteiger partial charge in [0.05, 0.1) is 0 Å². The molecule has 2 aromatic carbocycles. The highest BCUT2D eigenvalue weighted by Gasteiger charge is 1.90. The molecule has 0 bridgehead atoms. The summed E-state index contributed by atoms with van der Waals surface area (Å²) in [6, 6.07) is 16.0. The molecule has 16 heavy (non-hydrogen) atoms. The van der Waals surface area contributed by atoms with Crippen LogP contribution in [0.1, 0.15) is 11.1 Å². The molecule has 0 unspecified atom stereocenters. The summed E-state index contributed by atoms with van der Waals surface area (Å²) in [5.41, 5.74) is 2.28. The lowest BCUT2D eigenvalue weighted by atomic mass is 10.1. The Hall–Kier alpha value is -1.05. The second-order valence-corrected chi connectivity index (χ2v) is 4.79. The highest BCUT2D eigenvalue weighted by Crippen LogP contribution is 2.15. The monoisotopic (exact) mass is 292 g/mol. The second-order valence-electron chi connectivity index (χ2n) is 3.44. The Morgan fingerprint density at radius 2 is 1.56 bits per heavy atom. The van der Waals surface area contributed by atoms with E-state index in [1.54, 1.807) is 0 Å². The van der Waals surface area contributed by atoms with E-state index < -0.39 is 0 Å². The minimum atomic E-state index is 0.762. The molecule has 0 aliphatic heterocycles. The summed E-state index contributed by atoms with van der Waals surface area (Å²) in [7, 11) is 0. The van der Waals surface area contributed by atoms with E-state index in [2.05, 4.69) is 40.2 Å². The normalized spacial score (nSPS) is 10.9. The molecule has 0 fully saturated rings. The lowest BCUT2D eigenvalue weighted by molar-refractivity contribution is 1.61. The van der Waals surface area contributed by atoms with Crippen LogP contribution < -0.4 is 0 Å². The Morgan fingerprint density at radius 3 is 2.25 bits per heavy atom. The van der Waals surface area contributed by atoms with Crippen molar-refractivity contribution in [2.75, 3.05) is 0 Å². The highest BCUT2D eigenvalue weighted by molar-refractivity contribution is 9.10. The van der Waals surface area contributed by atoms with E-state index in [9.17, 15) is 0 Å². The van der Waals surface area contributed by atoms with Gasteiger partial charge in [0.1, 0.15) is 0 Å². The fraction of sp³-hybridized carbons (Fsp3) is 0. The van der Waals surface area contributed by atoms with Crippen molar-refractivity contribution < 1.29 is 0 Å². The molecule has 0 aromatic heterocycles. The van der Waals surface area contributed by atoms with Crippen molar-refractivity contribution in [3.63, 3.8) is 0 Å². The number of hydrogen-bond donors (Lipinski definition) is 0. The zero-order valence-corrected chi connectivity index (χ0v) is 10.9. The minimum Gasteiger partial charge on any atom is -0.0843 e. The zero-order valence-electron chi connectivity index (χ0n) is 8.53. The molecule has 0 nitrogen and oxygen atoms in total. The van der Waals surface area contributed by atoms with E-state index in [0.29, 0.717) is 0 Å². The number of benzene rings is 2.